The molecule has 0 amide bonds. The largest absolute Gasteiger partial charge is 0.496 e. The van der Waals surface area contributed by atoms with Crippen LogP contribution in [-0.2, 0) is 14.8 Å². The van der Waals surface area contributed by atoms with Gasteiger partial charge in [-0.1, -0.05) is 0 Å². The van der Waals surface area contributed by atoms with E-state index in [1.54, 1.807) is 6.07 Å². The summed E-state index contributed by atoms with van der Waals surface area (Å²) in [5, 5.41) is 3.31. The van der Waals surface area contributed by atoms with Crippen LogP contribution in [0.4, 0.5) is 0 Å². The molecule has 23 heavy (non-hydrogen) atoms. The van der Waals surface area contributed by atoms with Crippen molar-refractivity contribution in [1.29, 1.82) is 0 Å². The van der Waals surface area contributed by atoms with Gasteiger partial charge in [-0.05, 0) is 18.6 Å². The van der Waals surface area contributed by atoms with Crippen LogP contribution in [0.1, 0.15) is 5.56 Å². The molecule has 2 fully saturated rings. The van der Waals surface area contributed by atoms with Gasteiger partial charge in [-0.25, -0.2) is 8.42 Å². The summed E-state index contributed by atoms with van der Waals surface area (Å²) in [6.45, 7) is 3.94. The van der Waals surface area contributed by atoms with Crippen LogP contribution < -0.4 is 14.8 Å². The van der Waals surface area contributed by atoms with E-state index in [0.29, 0.717) is 31.2 Å². The SMILES string of the molecule is COc1cc(S(=O)(=O)N2C[C@@H]3NCCO[C@H]3C2)c(OC)cc1C. The fourth-order valence-electron chi connectivity index (χ4n) is 3.12. The number of methoxy groups -OCH3 is 2. The first-order valence-electron chi connectivity index (χ1n) is 7.55. The van der Waals surface area contributed by atoms with E-state index in [9.17, 15) is 8.42 Å². The summed E-state index contributed by atoms with van der Waals surface area (Å²) in [6, 6.07) is 3.25. The standard InChI is InChI=1S/C15H22N2O5S/c1-10-6-13(21-3)15(7-12(10)20-2)23(18,19)17-8-11-14(9-17)22-5-4-16-11/h6-7,11,14,16H,4-5,8-9H2,1-3H3/t11-,14-/m0/s1. The van der Waals surface area contributed by atoms with E-state index >= 15 is 0 Å². The molecule has 3 rings (SSSR count). The van der Waals surface area contributed by atoms with Crippen LogP contribution in [0, 0.1) is 6.92 Å². The summed E-state index contributed by atoms with van der Waals surface area (Å²) < 4.78 is 43.7. The van der Waals surface area contributed by atoms with E-state index in [1.807, 2.05) is 6.92 Å². The second kappa shape index (κ2) is 6.27. The maximum atomic E-state index is 13.0. The van der Waals surface area contributed by atoms with Crippen molar-refractivity contribution in [3.63, 3.8) is 0 Å². The average Bonchev–Trinajstić information content (AvgIpc) is 2.99. The normalized spacial score (nSPS) is 25.2. The van der Waals surface area contributed by atoms with Crippen molar-refractivity contribution >= 4 is 10.0 Å². The smallest absolute Gasteiger partial charge is 0.247 e. The van der Waals surface area contributed by atoms with Crippen LogP contribution in [-0.4, -0.2) is 65.3 Å². The summed E-state index contributed by atoms with van der Waals surface area (Å²) in [6.07, 6.45) is -0.100. The molecule has 128 valence electrons. The molecule has 0 radical (unpaired) electrons. The van der Waals surface area contributed by atoms with E-state index in [1.165, 1.54) is 24.6 Å². The zero-order valence-electron chi connectivity index (χ0n) is 13.5. The highest BCUT2D eigenvalue weighted by atomic mass is 32.2. The van der Waals surface area contributed by atoms with Crippen molar-refractivity contribution in [3.8, 4) is 11.5 Å². The maximum Gasteiger partial charge on any atom is 0.247 e. The van der Waals surface area contributed by atoms with Gasteiger partial charge in [-0.15, -0.1) is 0 Å². The molecule has 0 saturated carbocycles. The van der Waals surface area contributed by atoms with Crippen molar-refractivity contribution in [2.24, 2.45) is 0 Å². The third-order valence-electron chi connectivity index (χ3n) is 4.37. The highest BCUT2D eigenvalue weighted by Crippen LogP contribution is 2.35. The fraction of sp³-hybridized carbons (Fsp3) is 0.600. The molecule has 7 nitrogen and oxygen atoms in total. The van der Waals surface area contributed by atoms with Crippen LogP contribution in [0.25, 0.3) is 0 Å². The Morgan fingerprint density at radius 3 is 2.61 bits per heavy atom. The van der Waals surface area contributed by atoms with Gasteiger partial charge >= 0.3 is 0 Å². The van der Waals surface area contributed by atoms with E-state index in [4.69, 9.17) is 14.2 Å². The number of hydrogen-bond acceptors (Lipinski definition) is 6. The summed E-state index contributed by atoms with van der Waals surface area (Å²) in [7, 11) is -0.693. The zero-order chi connectivity index (χ0) is 16.6. The fourth-order valence-corrected chi connectivity index (χ4v) is 4.75. The van der Waals surface area contributed by atoms with Gasteiger partial charge in [0.05, 0.1) is 26.9 Å². The number of ether oxygens (including phenoxy) is 3. The Hall–Kier alpha value is -1.35. The third kappa shape index (κ3) is 2.91. The molecule has 2 aliphatic heterocycles. The Labute approximate surface area is 136 Å². The Morgan fingerprint density at radius 2 is 1.96 bits per heavy atom. The van der Waals surface area contributed by atoms with Crippen molar-refractivity contribution in [2.75, 3.05) is 40.5 Å². The first kappa shape index (κ1) is 16.5. The lowest BCUT2D eigenvalue weighted by Gasteiger charge is -2.25. The minimum atomic E-state index is -3.68. The van der Waals surface area contributed by atoms with Gasteiger partial charge in [0.2, 0.25) is 10.0 Å². The molecule has 2 saturated heterocycles. The summed E-state index contributed by atoms with van der Waals surface area (Å²) >= 11 is 0. The van der Waals surface area contributed by atoms with Crippen molar-refractivity contribution in [3.05, 3.63) is 17.7 Å². The van der Waals surface area contributed by atoms with E-state index in [0.717, 1.165) is 12.1 Å². The molecule has 0 unspecified atom stereocenters. The highest BCUT2D eigenvalue weighted by molar-refractivity contribution is 7.89. The highest BCUT2D eigenvalue weighted by Gasteiger charge is 2.42. The van der Waals surface area contributed by atoms with Crippen LogP contribution >= 0.6 is 0 Å². The number of benzene rings is 1. The average molecular weight is 342 g/mol. The summed E-state index contributed by atoms with van der Waals surface area (Å²) in [5.41, 5.74) is 0.823. The van der Waals surface area contributed by atoms with Gasteiger partial charge in [0.25, 0.3) is 0 Å². The molecular weight excluding hydrogens is 320 g/mol. The second-order valence-corrected chi connectivity index (χ2v) is 7.67. The molecule has 2 heterocycles. The lowest BCUT2D eigenvalue weighted by atomic mass is 10.2. The second-order valence-electron chi connectivity index (χ2n) is 5.76. The van der Waals surface area contributed by atoms with E-state index < -0.39 is 10.0 Å². The van der Waals surface area contributed by atoms with Crippen molar-refractivity contribution < 1.29 is 22.6 Å². The molecule has 8 heteroatoms. The lowest BCUT2D eigenvalue weighted by Crippen LogP contribution is -2.47. The summed E-state index contributed by atoms with van der Waals surface area (Å²) in [4.78, 5) is 0.126. The minimum absolute atomic E-state index is 0.0388. The van der Waals surface area contributed by atoms with Crippen molar-refractivity contribution in [1.82, 2.24) is 9.62 Å². The van der Waals surface area contributed by atoms with Gasteiger partial charge in [-0.2, -0.15) is 4.31 Å². The quantitative estimate of drug-likeness (QED) is 0.852. The van der Waals surface area contributed by atoms with Gasteiger partial charge in [0.1, 0.15) is 16.4 Å². The monoisotopic (exact) mass is 342 g/mol. The molecule has 0 spiro atoms. The predicted molar refractivity (Wildman–Crippen MR) is 84.6 cm³/mol. The van der Waals surface area contributed by atoms with Gasteiger partial charge in [0.15, 0.2) is 0 Å². The number of nitrogens with zero attached hydrogens (tertiary/aromatic N) is 1. The Morgan fingerprint density at radius 1 is 1.22 bits per heavy atom. The zero-order valence-corrected chi connectivity index (χ0v) is 14.4. The molecule has 1 N–H and O–H groups in total. The molecule has 1 aromatic carbocycles. The Bertz CT molecular complexity index is 677. The van der Waals surface area contributed by atoms with Gasteiger partial charge in [-0.3, -0.25) is 0 Å². The van der Waals surface area contributed by atoms with E-state index in [2.05, 4.69) is 5.32 Å². The Balaban J connectivity index is 1.96. The van der Waals surface area contributed by atoms with Gasteiger partial charge in [0, 0.05) is 31.7 Å². The van der Waals surface area contributed by atoms with Crippen LogP contribution in [0.3, 0.4) is 0 Å². The number of hydrogen-bond donors (Lipinski definition) is 1. The number of nitrogens with one attached hydrogen (secondary N) is 1. The molecule has 0 aliphatic carbocycles. The van der Waals surface area contributed by atoms with Crippen LogP contribution in [0.15, 0.2) is 17.0 Å². The molecule has 0 bridgehead atoms. The van der Waals surface area contributed by atoms with Gasteiger partial charge < -0.3 is 19.5 Å². The number of rotatable bonds is 4. The molecule has 0 aromatic heterocycles. The number of fused-ring (bicyclic) bond motifs is 1. The molecular formula is C15H22N2O5S. The molecule has 2 aliphatic rings. The third-order valence-corrected chi connectivity index (χ3v) is 6.22. The van der Waals surface area contributed by atoms with Crippen LogP contribution in [0.5, 0.6) is 11.5 Å². The topological polar surface area (TPSA) is 77.1 Å². The molecule has 1 aromatic rings. The number of morpholine rings is 1. The van der Waals surface area contributed by atoms with Crippen molar-refractivity contribution in [2.45, 2.75) is 24.0 Å². The first-order valence-corrected chi connectivity index (χ1v) is 8.99. The lowest BCUT2D eigenvalue weighted by molar-refractivity contribution is 0.0194. The minimum Gasteiger partial charge on any atom is -0.496 e. The first-order chi connectivity index (χ1) is 11.0. The predicted octanol–water partition coefficient (Wildman–Crippen LogP) is 0.374. The number of sulfonamides is 1. The number of aryl methyl sites for hydroxylation is 1. The summed E-state index contributed by atoms with van der Waals surface area (Å²) in [5.74, 6) is 0.849. The van der Waals surface area contributed by atoms with E-state index in [-0.39, 0.29) is 17.0 Å². The maximum absolute atomic E-state index is 13.0. The Kier molecular flexibility index (Phi) is 4.50. The van der Waals surface area contributed by atoms with Crippen LogP contribution in [0.2, 0.25) is 0 Å². The molecule has 2 atom stereocenters.